The molecule has 98 valence electrons. The van der Waals surface area contributed by atoms with Gasteiger partial charge in [-0.3, -0.25) is 4.55 Å². The first kappa shape index (κ1) is 16.0. The summed E-state index contributed by atoms with van der Waals surface area (Å²) in [7, 11) is -11.5. The van der Waals surface area contributed by atoms with Gasteiger partial charge in [0, 0.05) is 0 Å². The summed E-state index contributed by atoms with van der Waals surface area (Å²) < 4.78 is 56.3. The van der Waals surface area contributed by atoms with Crippen LogP contribution in [0.5, 0.6) is 0 Å². The molecule has 0 aromatic heterocycles. The molecule has 0 aromatic carbocycles. The molecule has 1 N–H and O–H groups in total. The fourth-order valence-corrected chi connectivity index (χ4v) is 5.86. The van der Waals surface area contributed by atoms with Crippen molar-refractivity contribution in [1.82, 2.24) is 0 Å². The first-order valence-electron chi connectivity index (χ1n) is 4.71. The predicted octanol–water partition coefficient (Wildman–Crippen LogP) is 1.18. The van der Waals surface area contributed by atoms with Gasteiger partial charge >= 0.3 is 0 Å². The van der Waals surface area contributed by atoms with Crippen LogP contribution in [0.25, 0.3) is 0 Å². The van der Waals surface area contributed by atoms with E-state index in [0.29, 0.717) is 0 Å². The number of hydrogen-bond acceptors (Lipinski definition) is 5. The van der Waals surface area contributed by atoms with Crippen LogP contribution < -0.4 is 0 Å². The van der Waals surface area contributed by atoms with Gasteiger partial charge in [0.15, 0.2) is 0 Å². The minimum absolute atomic E-state index is 0.0101. The van der Waals surface area contributed by atoms with E-state index in [1.807, 2.05) is 0 Å². The Morgan fingerprint density at radius 3 is 1.69 bits per heavy atom. The van der Waals surface area contributed by atoms with Crippen LogP contribution in [-0.2, 0) is 24.1 Å². The van der Waals surface area contributed by atoms with Crippen LogP contribution in [0.3, 0.4) is 0 Å². The number of hydrogen-bond donors (Lipinski definition) is 1. The smallest absolute Gasteiger partial charge is 0.284 e. The van der Waals surface area contributed by atoms with E-state index in [0.717, 1.165) is 6.92 Å². The van der Waals surface area contributed by atoms with Crippen molar-refractivity contribution < 1.29 is 25.3 Å². The van der Waals surface area contributed by atoms with Gasteiger partial charge in [-0.15, -0.1) is 0 Å². The van der Waals surface area contributed by atoms with E-state index in [2.05, 4.69) is 0 Å². The second-order valence-corrected chi connectivity index (χ2v) is 13.2. The highest BCUT2D eigenvalue weighted by molar-refractivity contribution is 8.04. The molecule has 0 spiro atoms. The van der Waals surface area contributed by atoms with E-state index < -0.39 is 33.1 Å². The molecule has 0 aromatic rings. The van der Waals surface area contributed by atoms with Crippen molar-refractivity contribution in [3.8, 4) is 0 Å². The van der Waals surface area contributed by atoms with Gasteiger partial charge in [0.1, 0.15) is 0 Å². The van der Waals surface area contributed by atoms with Crippen molar-refractivity contribution in [1.29, 1.82) is 0 Å². The highest BCUT2D eigenvalue weighted by Gasteiger charge is 2.40. The first-order chi connectivity index (χ1) is 6.81. The zero-order valence-electron chi connectivity index (χ0n) is 9.96. The van der Waals surface area contributed by atoms with Gasteiger partial charge in [-0.25, -0.2) is 0 Å². The van der Waals surface area contributed by atoms with Gasteiger partial charge < -0.3 is 3.87 Å². The fraction of sp³-hybridized carbons (Fsp3) is 1.00. The van der Waals surface area contributed by atoms with Crippen molar-refractivity contribution in [3.05, 3.63) is 0 Å². The second kappa shape index (κ2) is 4.73. The second-order valence-electron chi connectivity index (χ2n) is 4.42. The summed E-state index contributed by atoms with van der Waals surface area (Å²) in [5.74, 6) is 0. The third-order valence-electron chi connectivity index (χ3n) is 2.55. The van der Waals surface area contributed by atoms with Crippen LogP contribution in [0.4, 0.5) is 0 Å². The van der Waals surface area contributed by atoms with Crippen LogP contribution in [0.15, 0.2) is 0 Å². The maximum Gasteiger partial charge on any atom is 0.284 e. The van der Waals surface area contributed by atoms with Crippen molar-refractivity contribution in [2.75, 3.05) is 0 Å². The Morgan fingerprint density at radius 1 is 1.06 bits per heavy atom. The van der Waals surface area contributed by atoms with Gasteiger partial charge in [0.05, 0.1) is 0 Å². The highest BCUT2D eigenvalue weighted by Crippen LogP contribution is 2.25. The zero-order chi connectivity index (χ0) is 13.4. The summed E-state index contributed by atoms with van der Waals surface area (Å²) in [6, 6.07) is 0. The summed E-state index contributed by atoms with van der Waals surface area (Å²) in [4.78, 5) is 0. The molecule has 1 atom stereocenters. The molecular formula is C7H18O6S2Si. The van der Waals surface area contributed by atoms with Gasteiger partial charge in [0.25, 0.3) is 20.2 Å². The van der Waals surface area contributed by atoms with Crippen molar-refractivity contribution in [2.45, 2.75) is 44.0 Å². The Bertz CT molecular complexity index is 435. The van der Waals surface area contributed by atoms with E-state index in [1.54, 1.807) is 26.9 Å². The molecule has 0 rings (SSSR count). The topological polar surface area (TPSA) is 97.7 Å². The molecule has 1 unspecified atom stereocenters. The standard InChI is InChI=1S/C7H18O6S2Si/c1-6(2)16(4,5)13-15(11,12)7(3)14(8,9)10/h6-7H,1-5H3,(H,8,9,10). The van der Waals surface area contributed by atoms with Gasteiger partial charge in [0.2, 0.25) is 12.9 Å². The summed E-state index contributed by atoms with van der Waals surface area (Å²) in [5, 5.41) is 0. The third-order valence-corrected chi connectivity index (χ3v) is 11.1. The Balaban J connectivity index is 5.15. The molecule has 0 aliphatic heterocycles. The van der Waals surface area contributed by atoms with Gasteiger partial charge in [-0.1, -0.05) is 13.8 Å². The van der Waals surface area contributed by atoms with Crippen LogP contribution in [-0.4, -0.2) is 34.3 Å². The molecular weight excluding hydrogens is 272 g/mol. The Labute approximate surface area is 98.0 Å². The average Bonchev–Trinajstić information content (AvgIpc) is 1.98. The monoisotopic (exact) mass is 290 g/mol. The summed E-state index contributed by atoms with van der Waals surface area (Å²) in [6.45, 7) is 7.84. The van der Waals surface area contributed by atoms with Crippen LogP contribution in [0.1, 0.15) is 20.8 Å². The van der Waals surface area contributed by atoms with E-state index in [9.17, 15) is 16.8 Å². The van der Waals surface area contributed by atoms with Crippen molar-refractivity contribution in [2.24, 2.45) is 0 Å². The van der Waals surface area contributed by atoms with Gasteiger partial charge in [-0.2, -0.15) is 16.8 Å². The van der Waals surface area contributed by atoms with Crippen LogP contribution >= 0.6 is 0 Å². The summed E-state index contributed by atoms with van der Waals surface area (Å²) in [5.41, 5.74) is 0.0101. The Kier molecular flexibility index (Phi) is 4.74. The Hall–Kier alpha value is 0.0369. The quantitative estimate of drug-likeness (QED) is 0.603. The molecule has 0 saturated carbocycles. The lowest BCUT2D eigenvalue weighted by Crippen LogP contribution is -2.41. The van der Waals surface area contributed by atoms with E-state index in [-0.39, 0.29) is 5.54 Å². The predicted molar refractivity (Wildman–Crippen MR) is 63.6 cm³/mol. The van der Waals surface area contributed by atoms with E-state index in [4.69, 9.17) is 8.42 Å². The largest absolute Gasteiger partial charge is 0.314 e. The molecule has 16 heavy (non-hydrogen) atoms. The highest BCUT2D eigenvalue weighted by atomic mass is 32.3. The lowest BCUT2D eigenvalue weighted by atomic mass is 10.6. The van der Waals surface area contributed by atoms with Crippen LogP contribution in [0.2, 0.25) is 18.6 Å². The maximum absolute atomic E-state index is 11.6. The molecule has 0 amide bonds. The maximum atomic E-state index is 11.6. The molecule has 0 bridgehead atoms. The van der Waals surface area contributed by atoms with Crippen molar-refractivity contribution in [3.63, 3.8) is 0 Å². The third kappa shape index (κ3) is 4.13. The fourth-order valence-electron chi connectivity index (χ4n) is 0.612. The zero-order valence-corrected chi connectivity index (χ0v) is 12.6. The Morgan fingerprint density at radius 2 is 1.44 bits per heavy atom. The first-order valence-corrected chi connectivity index (χ1v) is 10.7. The summed E-state index contributed by atoms with van der Waals surface area (Å²) in [6.07, 6.45) is 0. The van der Waals surface area contributed by atoms with E-state index >= 15 is 0 Å². The molecule has 0 fully saturated rings. The lowest BCUT2D eigenvalue weighted by molar-refractivity contribution is 0.455. The molecule has 6 nitrogen and oxygen atoms in total. The van der Waals surface area contributed by atoms with E-state index in [1.165, 1.54) is 0 Å². The molecule has 0 saturated heterocycles. The van der Waals surface area contributed by atoms with Crippen molar-refractivity contribution >= 4 is 28.6 Å². The normalized spacial score (nSPS) is 16.4. The van der Waals surface area contributed by atoms with Crippen LogP contribution in [0, 0.1) is 0 Å². The SMILES string of the molecule is CC(C)[Si](C)(C)OS(=O)(=O)C(C)S(=O)(=O)O. The lowest BCUT2D eigenvalue weighted by Gasteiger charge is -2.26. The minimum Gasteiger partial charge on any atom is -0.314 e. The molecule has 0 aliphatic carbocycles. The average molecular weight is 290 g/mol. The molecule has 0 heterocycles. The molecule has 0 aliphatic rings. The summed E-state index contributed by atoms with van der Waals surface area (Å²) >= 11 is 0. The molecule has 0 radical (unpaired) electrons. The minimum atomic E-state index is -4.65. The molecule has 9 heteroatoms. The number of rotatable bonds is 5. The van der Waals surface area contributed by atoms with Gasteiger partial charge in [-0.05, 0) is 25.6 Å².